The Bertz CT molecular complexity index is 1350. The fraction of sp³-hybridized carbons (Fsp3) is 0.259. The average molecular weight is 465 g/mol. The molecule has 1 saturated heterocycles. The van der Waals surface area contributed by atoms with Crippen molar-refractivity contribution in [1.82, 2.24) is 0 Å². The van der Waals surface area contributed by atoms with E-state index >= 15 is 0 Å². The Morgan fingerprint density at radius 1 is 1.00 bits per heavy atom. The molecule has 7 heteroatoms. The summed E-state index contributed by atoms with van der Waals surface area (Å²) in [7, 11) is 0. The number of rotatable bonds is 3. The summed E-state index contributed by atoms with van der Waals surface area (Å²) in [5.41, 5.74) is 1.25. The van der Waals surface area contributed by atoms with Crippen LogP contribution in [0, 0.1) is 25.5 Å². The van der Waals surface area contributed by atoms with Gasteiger partial charge in [0.25, 0.3) is 11.7 Å². The van der Waals surface area contributed by atoms with Gasteiger partial charge in [0.15, 0.2) is 0 Å². The number of amides is 1. The molecule has 1 aliphatic rings. The van der Waals surface area contributed by atoms with Crippen molar-refractivity contribution in [3.8, 4) is 0 Å². The zero-order chi connectivity index (χ0) is 24.9. The standard InChI is InChI=1S/C27H25F2NO4/c1-14-6-8-16(27(3,4)5)12-18(14)24(31)22-23(21-11-7-15(2)34-21)30(26(33)25(22)32)20-10-9-17(28)13-19(20)29/h6-13,23,31H,1-5H3/b24-22+. The molecule has 2 aromatic carbocycles. The van der Waals surface area contributed by atoms with E-state index in [1.165, 1.54) is 0 Å². The van der Waals surface area contributed by atoms with Crippen LogP contribution in [0.15, 0.2) is 58.5 Å². The Labute approximate surface area is 196 Å². The van der Waals surface area contributed by atoms with Gasteiger partial charge in [-0.15, -0.1) is 0 Å². The van der Waals surface area contributed by atoms with E-state index in [1.807, 2.05) is 32.9 Å². The molecule has 1 fully saturated rings. The number of aryl methyl sites for hydroxylation is 2. The molecule has 5 nitrogen and oxygen atoms in total. The summed E-state index contributed by atoms with van der Waals surface area (Å²) < 4.78 is 34.0. The second-order valence-corrected chi connectivity index (χ2v) is 9.49. The number of benzene rings is 2. The fourth-order valence-corrected chi connectivity index (χ4v) is 4.12. The van der Waals surface area contributed by atoms with E-state index in [1.54, 1.807) is 32.0 Å². The van der Waals surface area contributed by atoms with E-state index < -0.39 is 29.4 Å². The van der Waals surface area contributed by atoms with E-state index in [4.69, 9.17) is 4.42 Å². The van der Waals surface area contributed by atoms with Crippen molar-refractivity contribution in [2.24, 2.45) is 0 Å². The summed E-state index contributed by atoms with van der Waals surface area (Å²) >= 11 is 0. The third-order valence-corrected chi connectivity index (χ3v) is 6.00. The number of furan rings is 1. The van der Waals surface area contributed by atoms with Crippen LogP contribution in [0.5, 0.6) is 0 Å². The van der Waals surface area contributed by atoms with Gasteiger partial charge < -0.3 is 9.52 Å². The van der Waals surface area contributed by atoms with Crippen LogP contribution in [-0.2, 0) is 15.0 Å². The molecule has 1 unspecified atom stereocenters. The lowest BCUT2D eigenvalue weighted by molar-refractivity contribution is -0.132. The molecule has 1 N–H and O–H groups in total. The Kier molecular flexibility index (Phi) is 5.67. The molecule has 0 bridgehead atoms. The van der Waals surface area contributed by atoms with Crippen LogP contribution in [0.2, 0.25) is 0 Å². The maximum Gasteiger partial charge on any atom is 0.300 e. The molecular formula is C27H25F2NO4. The van der Waals surface area contributed by atoms with Gasteiger partial charge in [-0.2, -0.15) is 0 Å². The highest BCUT2D eigenvalue weighted by atomic mass is 19.1. The number of Topliss-reactive ketones (excluding diaryl/α,β-unsaturated/α-hetero) is 1. The first kappa shape index (κ1) is 23.4. The van der Waals surface area contributed by atoms with Gasteiger partial charge in [-0.25, -0.2) is 8.78 Å². The van der Waals surface area contributed by atoms with Crippen molar-refractivity contribution < 1.29 is 27.9 Å². The number of hydrogen-bond acceptors (Lipinski definition) is 4. The number of aliphatic hydroxyl groups excluding tert-OH is 1. The van der Waals surface area contributed by atoms with Gasteiger partial charge in [0.1, 0.15) is 35.0 Å². The minimum Gasteiger partial charge on any atom is -0.507 e. The van der Waals surface area contributed by atoms with Gasteiger partial charge in [0, 0.05) is 11.6 Å². The molecule has 1 atom stereocenters. The van der Waals surface area contributed by atoms with Crippen LogP contribution in [0.3, 0.4) is 0 Å². The van der Waals surface area contributed by atoms with Gasteiger partial charge in [0.2, 0.25) is 0 Å². The van der Waals surface area contributed by atoms with E-state index in [0.717, 1.165) is 22.6 Å². The molecule has 0 saturated carbocycles. The van der Waals surface area contributed by atoms with Gasteiger partial charge >= 0.3 is 0 Å². The molecule has 3 aromatic rings. The predicted octanol–water partition coefficient (Wildman–Crippen LogP) is 6.10. The number of halogens is 2. The number of anilines is 1. The van der Waals surface area contributed by atoms with Gasteiger partial charge in [-0.3, -0.25) is 14.5 Å². The number of carbonyl (C=O) groups is 2. The van der Waals surface area contributed by atoms with Crippen molar-refractivity contribution in [3.63, 3.8) is 0 Å². The van der Waals surface area contributed by atoms with Crippen molar-refractivity contribution >= 4 is 23.1 Å². The van der Waals surface area contributed by atoms with E-state index in [-0.39, 0.29) is 28.2 Å². The second kappa shape index (κ2) is 8.24. The molecule has 2 heterocycles. The summed E-state index contributed by atoms with van der Waals surface area (Å²) in [4.78, 5) is 27.2. The zero-order valence-electron chi connectivity index (χ0n) is 19.6. The summed E-state index contributed by atoms with van der Waals surface area (Å²) in [6.45, 7) is 9.52. The maximum atomic E-state index is 14.7. The molecule has 1 aromatic heterocycles. The lowest BCUT2D eigenvalue weighted by Gasteiger charge is -2.24. The molecule has 1 amide bonds. The Balaban J connectivity index is 1.99. The summed E-state index contributed by atoms with van der Waals surface area (Å²) in [5.74, 6) is -3.57. The Hall–Kier alpha value is -3.74. The first-order chi connectivity index (χ1) is 15.9. The highest BCUT2D eigenvalue weighted by Gasteiger charge is 2.49. The third-order valence-electron chi connectivity index (χ3n) is 6.00. The monoisotopic (exact) mass is 465 g/mol. The molecule has 4 rings (SSSR count). The van der Waals surface area contributed by atoms with Crippen molar-refractivity contribution in [2.75, 3.05) is 4.90 Å². The molecule has 176 valence electrons. The fourth-order valence-electron chi connectivity index (χ4n) is 4.12. The zero-order valence-corrected chi connectivity index (χ0v) is 19.6. The van der Waals surface area contributed by atoms with E-state index in [0.29, 0.717) is 23.0 Å². The second-order valence-electron chi connectivity index (χ2n) is 9.49. The third kappa shape index (κ3) is 3.91. The topological polar surface area (TPSA) is 70.8 Å². The van der Waals surface area contributed by atoms with Crippen LogP contribution in [-0.4, -0.2) is 16.8 Å². The summed E-state index contributed by atoms with van der Waals surface area (Å²) in [6.07, 6.45) is 0. The number of ketones is 1. The van der Waals surface area contributed by atoms with E-state index in [9.17, 15) is 23.5 Å². The van der Waals surface area contributed by atoms with Crippen molar-refractivity contribution in [3.05, 3.63) is 93.9 Å². The van der Waals surface area contributed by atoms with Crippen molar-refractivity contribution in [1.29, 1.82) is 0 Å². The van der Waals surface area contributed by atoms with Crippen LogP contribution < -0.4 is 4.90 Å². The highest BCUT2D eigenvalue weighted by molar-refractivity contribution is 6.51. The summed E-state index contributed by atoms with van der Waals surface area (Å²) in [5, 5.41) is 11.4. The first-order valence-corrected chi connectivity index (χ1v) is 10.8. The molecule has 0 aliphatic carbocycles. The Morgan fingerprint density at radius 2 is 1.71 bits per heavy atom. The normalized spacial score (nSPS) is 18.1. The summed E-state index contributed by atoms with van der Waals surface area (Å²) in [6, 6.07) is 10.2. The largest absolute Gasteiger partial charge is 0.507 e. The first-order valence-electron chi connectivity index (χ1n) is 10.8. The minimum atomic E-state index is -1.23. The van der Waals surface area contributed by atoms with Crippen LogP contribution in [0.25, 0.3) is 5.76 Å². The lowest BCUT2D eigenvalue weighted by atomic mass is 9.84. The SMILES string of the molecule is Cc1ccc(C2/C(=C(\O)c3cc(C(C)(C)C)ccc3C)C(=O)C(=O)N2c2ccc(F)cc2F)o1. The molecule has 1 aliphatic heterocycles. The number of aliphatic hydroxyl groups is 1. The van der Waals surface area contributed by atoms with Gasteiger partial charge in [-0.1, -0.05) is 32.9 Å². The van der Waals surface area contributed by atoms with Crippen LogP contribution in [0.4, 0.5) is 14.5 Å². The lowest BCUT2D eigenvalue weighted by Crippen LogP contribution is -2.30. The molecule has 34 heavy (non-hydrogen) atoms. The van der Waals surface area contributed by atoms with E-state index in [2.05, 4.69) is 0 Å². The predicted molar refractivity (Wildman–Crippen MR) is 124 cm³/mol. The molecular weight excluding hydrogens is 440 g/mol. The number of hydrogen-bond donors (Lipinski definition) is 1. The highest BCUT2D eigenvalue weighted by Crippen LogP contribution is 2.44. The molecule has 0 spiro atoms. The quantitative estimate of drug-likeness (QED) is 0.288. The number of nitrogens with zero attached hydrogens (tertiary/aromatic N) is 1. The average Bonchev–Trinajstić information content (AvgIpc) is 3.28. The van der Waals surface area contributed by atoms with Gasteiger partial charge in [0.05, 0.1) is 11.3 Å². The van der Waals surface area contributed by atoms with Crippen molar-refractivity contribution in [2.45, 2.75) is 46.1 Å². The Morgan fingerprint density at radius 3 is 2.29 bits per heavy atom. The maximum absolute atomic E-state index is 14.7. The smallest absolute Gasteiger partial charge is 0.300 e. The van der Waals surface area contributed by atoms with Crippen LogP contribution in [0.1, 0.15) is 55.0 Å². The van der Waals surface area contributed by atoms with Crippen LogP contribution >= 0.6 is 0 Å². The number of carbonyl (C=O) groups excluding carboxylic acids is 2. The molecule has 0 radical (unpaired) electrons. The minimum absolute atomic E-state index is 0.173. The van der Waals surface area contributed by atoms with Gasteiger partial charge in [-0.05, 0) is 60.7 Å².